The van der Waals surface area contributed by atoms with Crippen LogP contribution in [-0.4, -0.2) is 6.61 Å². The van der Waals surface area contributed by atoms with Crippen LogP contribution in [0.5, 0.6) is 5.75 Å². The first kappa shape index (κ1) is 14.6. The monoisotopic (exact) mass is 269 g/mol. The molecular weight excluding hydrogens is 246 g/mol. The second-order valence-electron chi connectivity index (χ2n) is 5.01. The molecule has 2 aromatic carbocycles. The van der Waals surface area contributed by atoms with Gasteiger partial charge in [0.15, 0.2) is 0 Å². The minimum Gasteiger partial charge on any atom is -0.494 e. The lowest BCUT2D eigenvalue weighted by Gasteiger charge is -2.15. The molecule has 2 rings (SSSR count). The number of ether oxygens (including phenoxy) is 1. The van der Waals surface area contributed by atoms with Gasteiger partial charge in [-0.05, 0) is 36.6 Å². The second-order valence-corrected chi connectivity index (χ2v) is 5.01. The predicted octanol–water partition coefficient (Wildman–Crippen LogP) is 4.33. The van der Waals surface area contributed by atoms with Crippen molar-refractivity contribution >= 4 is 0 Å². The summed E-state index contributed by atoms with van der Waals surface area (Å²) in [4.78, 5) is 0. The van der Waals surface area contributed by atoms with Crippen molar-refractivity contribution in [1.82, 2.24) is 5.32 Å². The van der Waals surface area contributed by atoms with Gasteiger partial charge in [-0.3, -0.25) is 0 Å². The second kappa shape index (κ2) is 7.71. The van der Waals surface area contributed by atoms with Crippen LogP contribution in [0, 0.1) is 0 Å². The van der Waals surface area contributed by atoms with Crippen LogP contribution in [0.15, 0.2) is 54.6 Å². The summed E-state index contributed by atoms with van der Waals surface area (Å²) >= 11 is 0. The Balaban J connectivity index is 1.87. The van der Waals surface area contributed by atoms with Gasteiger partial charge in [0, 0.05) is 12.6 Å². The first-order valence-corrected chi connectivity index (χ1v) is 7.29. The van der Waals surface area contributed by atoms with E-state index in [0.717, 1.165) is 25.3 Å². The van der Waals surface area contributed by atoms with E-state index in [1.54, 1.807) is 0 Å². The summed E-state index contributed by atoms with van der Waals surface area (Å²) in [5, 5.41) is 3.54. The summed E-state index contributed by atoms with van der Waals surface area (Å²) in [6.45, 7) is 5.96. The van der Waals surface area contributed by atoms with Gasteiger partial charge in [0.2, 0.25) is 0 Å². The van der Waals surface area contributed by atoms with E-state index in [1.807, 2.05) is 18.2 Å². The molecule has 0 radical (unpaired) electrons. The summed E-state index contributed by atoms with van der Waals surface area (Å²) < 4.78 is 5.60. The fourth-order valence-corrected chi connectivity index (χ4v) is 2.06. The van der Waals surface area contributed by atoms with Crippen molar-refractivity contribution < 1.29 is 4.74 Å². The summed E-state index contributed by atoms with van der Waals surface area (Å²) in [6.07, 6.45) is 1.04. The third-order valence-corrected chi connectivity index (χ3v) is 3.31. The van der Waals surface area contributed by atoms with Crippen molar-refractivity contribution in [2.24, 2.45) is 0 Å². The van der Waals surface area contributed by atoms with E-state index >= 15 is 0 Å². The molecular formula is C18H23NO. The zero-order chi connectivity index (χ0) is 14.2. The van der Waals surface area contributed by atoms with E-state index in [1.165, 1.54) is 11.1 Å². The SMILES string of the molecule is CCCOc1ccc(C(C)NCc2ccccc2)cc1. The van der Waals surface area contributed by atoms with Crippen LogP contribution in [0.1, 0.15) is 37.4 Å². The van der Waals surface area contributed by atoms with Crippen molar-refractivity contribution in [3.05, 3.63) is 65.7 Å². The van der Waals surface area contributed by atoms with E-state index in [9.17, 15) is 0 Å². The van der Waals surface area contributed by atoms with Gasteiger partial charge in [-0.2, -0.15) is 0 Å². The molecule has 1 N–H and O–H groups in total. The fourth-order valence-electron chi connectivity index (χ4n) is 2.06. The minimum atomic E-state index is 0.329. The summed E-state index contributed by atoms with van der Waals surface area (Å²) in [5.74, 6) is 0.950. The molecule has 0 aliphatic rings. The molecule has 2 aromatic rings. The van der Waals surface area contributed by atoms with Crippen LogP contribution in [0.4, 0.5) is 0 Å². The quantitative estimate of drug-likeness (QED) is 0.808. The standard InChI is InChI=1S/C18H23NO/c1-3-13-20-18-11-9-17(10-12-18)15(2)19-14-16-7-5-4-6-8-16/h4-12,15,19H,3,13-14H2,1-2H3. The molecule has 20 heavy (non-hydrogen) atoms. The Morgan fingerprint density at radius 1 is 1.00 bits per heavy atom. The predicted molar refractivity (Wildman–Crippen MR) is 83.9 cm³/mol. The summed E-state index contributed by atoms with van der Waals surface area (Å²) in [6, 6.07) is 19.2. The highest BCUT2D eigenvalue weighted by molar-refractivity contribution is 5.29. The topological polar surface area (TPSA) is 21.3 Å². The third-order valence-electron chi connectivity index (χ3n) is 3.31. The molecule has 0 aromatic heterocycles. The maximum Gasteiger partial charge on any atom is 0.119 e. The summed E-state index contributed by atoms with van der Waals surface area (Å²) in [5.41, 5.74) is 2.59. The largest absolute Gasteiger partial charge is 0.494 e. The van der Waals surface area contributed by atoms with Gasteiger partial charge in [0.05, 0.1) is 6.61 Å². The lowest BCUT2D eigenvalue weighted by Crippen LogP contribution is -2.17. The van der Waals surface area contributed by atoms with Crippen LogP contribution < -0.4 is 10.1 Å². The Bertz CT molecular complexity index is 493. The zero-order valence-electron chi connectivity index (χ0n) is 12.3. The lowest BCUT2D eigenvalue weighted by molar-refractivity contribution is 0.317. The Hall–Kier alpha value is -1.80. The number of hydrogen-bond acceptors (Lipinski definition) is 2. The Kier molecular flexibility index (Phi) is 5.63. The molecule has 0 aliphatic heterocycles. The molecule has 2 nitrogen and oxygen atoms in total. The molecule has 0 bridgehead atoms. The highest BCUT2D eigenvalue weighted by Crippen LogP contribution is 2.18. The van der Waals surface area contributed by atoms with E-state index in [-0.39, 0.29) is 0 Å². The van der Waals surface area contributed by atoms with Crippen molar-refractivity contribution in [1.29, 1.82) is 0 Å². The maximum atomic E-state index is 5.60. The van der Waals surface area contributed by atoms with Gasteiger partial charge in [-0.15, -0.1) is 0 Å². The van der Waals surface area contributed by atoms with Crippen LogP contribution in [0.3, 0.4) is 0 Å². The van der Waals surface area contributed by atoms with Crippen LogP contribution in [-0.2, 0) is 6.54 Å². The molecule has 0 amide bonds. The van der Waals surface area contributed by atoms with Crippen molar-refractivity contribution in [3.63, 3.8) is 0 Å². The fraction of sp³-hybridized carbons (Fsp3) is 0.333. The highest BCUT2D eigenvalue weighted by atomic mass is 16.5. The average molecular weight is 269 g/mol. The van der Waals surface area contributed by atoms with Crippen molar-refractivity contribution in [2.75, 3.05) is 6.61 Å². The van der Waals surface area contributed by atoms with Crippen LogP contribution >= 0.6 is 0 Å². The molecule has 1 atom stereocenters. The maximum absolute atomic E-state index is 5.60. The Morgan fingerprint density at radius 2 is 1.70 bits per heavy atom. The minimum absolute atomic E-state index is 0.329. The summed E-state index contributed by atoms with van der Waals surface area (Å²) in [7, 11) is 0. The first-order valence-electron chi connectivity index (χ1n) is 7.29. The average Bonchev–Trinajstić information content (AvgIpc) is 2.52. The van der Waals surface area contributed by atoms with E-state index in [0.29, 0.717) is 6.04 Å². The third kappa shape index (κ3) is 4.39. The van der Waals surface area contributed by atoms with Gasteiger partial charge in [-0.1, -0.05) is 49.4 Å². The molecule has 0 saturated heterocycles. The van der Waals surface area contributed by atoms with Crippen LogP contribution in [0.2, 0.25) is 0 Å². The molecule has 0 fully saturated rings. The van der Waals surface area contributed by atoms with Crippen molar-refractivity contribution in [2.45, 2.75) is 32.9 Å². The number of benzene rings is 2. The smallest absolute Gasteiger partial charge is 0.119 e. The normalized spacial score (nSPS) is 12.1. The Morgan fingerprint density at radius 3 is 2.35 bits per heavy atom. The molecule has 0 aliphatic carbocycles. The van der Waals surface area contributed by atoms with E-state index in [2.05, 4.69) is 55.6 Å². The lowest BCUT2D eigenvalue weighted by atomic mass is 10.1. The van der Waals surface area contributed by atoms with Gasteiger partial charge in [0.1, 0.15) is 5.75 Å². The van der Waals surface area contributed by atoms with Gasteiger partial charge in [-0.25, -0.2) is 0 Å². The number of rotatable bonds is 7. The molecule has 1 unspecified atom stereocenters. The molecule has 0 heterocycles. The van der Waals surface area contributed by atoms with Crippen molar-refractivity contribution in [3.8, 4) is 5.75 Å². The number of hydrogen-bond donors (Lipinski definition) is 1. The molecule has 106 valence electrons. The molecule has 0 saturated carbocycles. The first-order chi connectivity index (χ1) is 9.79. The molecule has 2 heteroatoms. The van der Waals surface area contributed by atoms with Crippen LogP contribution in [0.25, 0.3) is 0 Å². The van der Waals surface area contributed by atoms with E-state index < -0.39 is 0 Å². The highest BCUT2D eigenvalue weighted by Gasteiger charge is 2.05. The van der Waals surface area contributed by atoms with E-state index in [4.69, 9.17) is 4.74 Å². The molecule has 0 spiro atoms. The zero-order valence-corrected chi connectivity index (χ0v) is 12.3. The van der Waals surface area contributed by atoms with Gasteiger partial charge < -0.3 is 10.1 Å². The van der Waals surface area contributed by atoms with Gasteiger partial charge in [0.25, 0.3) is 0 Å². The number of nitrogens with one attached hydrogen (secondary N) is 1. The van der Waals surface area contributed by atoms with Gasteiger partial charge >= 0.3 is 0 Å². The Labute approximate surface area is 121 Å².